The summed E-state index contributed by atoms with van der Waals surface area (Å²) < 4.78 is 1.62. The summed E-state index contributed by atoms with van der Waals surface area (Å²) in [5.74, 6) is -0.275. The molecule has 0 aliphatic rings. The molecular weight excluding hydrogens is 352 g/mol. The number of nitrogens with one attached hydrogen (secondary N) is 1. The van der Waals surface area contributed by atoms with E-state index in [0.717, 1.165) is 18.4 Å². The van der Waals surface area contributed by atoms with Crippen LogP contribution in [0.2, 0.25) is 0 Å². The fourth-order valence-electron chi connectivity index (χ4n) is 3.04. The van der Waals surface area contributed by atoms with Crippen molar-refractivity contribution in [3.05, 3.63) is 71.4 Å². The Morgan fingerprint density at radius 2 is 1.82 bits per heavy atom. The molecule has 1 aromatic heterocycles. The summed E-state index contributed by atoms with van der Waals surface area (Å²) in [6.45, 7) is 3.84. The summed E-state index contributed by atoms with van der Waals surface area (Å²) in [4.78, 5) is 12.1. The molecule has 0 bridgehead atoms. The van der Waals surface area contributed by atoms with Crippen LogP contribution in [-0.4, -0.2) is 26.5 Å². The molecule has 28 heavy (non-hydrogen) atoms. The third-order valence-electron chi connectivity index (χ3n) is 4.49. The summed E-state index contributed by atoms with van der Waals surface area (Å²) in [6, 6.07) is 16.9. The molecule has 6 nitrogen and oxygen atoms in total. The van der Waals surface area contributed by atoms with Crippen molar-refractivity contribution in [3.8, 4) is 17.0 Å². The molecule has 0 radical (unpaired) electrons. The van der Waals surface area contributed by atoms with Crippen LogP contribution < -0.4 is 5.43 Å². The molecule has 1 amide bonds. The van der Waals surface area contributed by atoms with Crippen LogP contribution >= 0.6 is 0 Å². The molecule has 0 saturated heterocycles. The summed E-state index contributed by atoms with van der Waals surface area (Å²) in [5.41, 5.74) is 6.52. The number of carbonyl (C=O) groups is 1. The van der Waals surface area contributed by atoms with Crippen molar-refractivity contribution in [2.24, 2.45) is 12.1 Å². The highest BCUT2D eigenvalue weighted by Crippen LogP contribution is 2.32. The van der Waals surface area contributed by atoms with E-state index in [1.807, 2.05) is 18.2 Å². The molecule has 144 valence electrons. The Bertz CT molecular complexity index is 989. The van der Waals surface area contributed by atoms with Crippen LogP contribution in [0.3, 0.4) is 0 Å². The number of nitrogens with zero attached hydrogens (tertiary/aromatic N) is 3. The van der Waals surface area contributed by atoms with E-state index >= 15 is 0 Å². The Labute approximate surface area is 164 Å². The van der Waals surface area contributed by atoms with Gasteiger partial charge in [0, 0.05) is 18.2 Å². The number of rotatable bonds is 6. The second-order valence-corrected chi connectivity index (χ2v) is 6.62. The minimum absolute atomic E-state index is 0.0425. The van der Waals surface area contributed by atoms with Gasteiger partial charge in [-0.2, -0.15) is 10.2 Å². The lowest BCUT2D eigenvalue weighted by Gasteiger charge is -2.05. The number of benzene rings is 2. The lowest BCUT2D eigenvalue weighted by Crippen LogP contribution is -2.19. The summed E-state index contributed by atoms with van der Waals surface area (Å²) in [6.07, 6.45) is 2.11. The number of hydrogen-bond donors (Lipinski definition) is 2. The normalized spacial score (nSPS) is 11.5. The van der Waals surface area contributed by atoms with Gasteiger partial charge in [-0.25, -0.2) is 5.43 Å². The van der Waals surface area contributed by atoms with Crippen LogP contribution in [0.1, 0.15) is 41.9 Å². The zero-order chi connectivity index (χ0) is 20.1. The molecule has 0 aliphatic carbocycles. The standard InChI is InChI=1S/C22H24N4O2/c1-4-8-16-11-13-17(14-12-16)20-21(27)19(25-26(20)3)15(2)23-24-22(28)18-9-6-5-7-10-18/h5-7,9-14,27H,4,8H2,1-3H3,(H,24,28). The highest BCUT2D eigenvalue weighted by molar-refractivity contribution is 6.02. The lowest BCUT2D eigenvalue weighted by atomic mass is 10.0. The zero-order valence-corrected chi connectivity index (χ0v) is 16.3. The lowest BCUT2D eigenvalue weighted by molar-refractivity contribution is 0.0955. The molecule has 2 aromatic carbocycles. The van der Waals surface area contributed by atoms with Crippen LogP contribution in [-0.2, 0) is 13.5 Å². The number of hydrazone groups is 1. The molecule has 3 rings (SSSR count). The molecule has 0 unspecified atom stereocenters. The second-order valence-electron chi connectivity index (χ2n) is 6.62. The molecule has 0 atom stereocenters. The average Bonchev–Trinajstić information content (AvgIpc) is 3.01. The topological polar surface area (TPSA) is 79.5 Å². The van der Waals surface area contributed by atoms with Crippen LogP contribution in [0.4, 0.5) is 0 Å². The minimum Gasteiger partial charge on any atom is -0.504 e. The van der Waals surface area contributed by atoms with Crippen LogP contribution in [0.25, 0.3) is 11.3 Å². The van der Waals surface area contributed by atoms with E-state index in [1.165, 1.54) is 5.56 Å². The molecule has 2 N–H and O–H groups in total. The van der Waals surface area contributed by atoms with Gasteiger partial charge in [-0.1, -0.05) is 55.8 Å². The summed E-state index contributed by atoms with van der Waals surface area (Å²) >= 11 is 0. The third-order valence-corrected chi connectivity index (χ3v) is 4.49. The van der Waals surface area contributed by atoms with E-state index in [-0.39, 0.29) is 11.7 Å². The maximum absolute atomic E-state index is 12.1. The largest absolute Gasteiger partial charge is 0.504 e. The Hall–Kier alpha value is -3.41. The van der Waals surface area contributed by atoms with Gasteiger partial charge in [0.2, 0.25) is 0 Å². The van der Waals surface area contributed by atoms with Crippen LogP contribution in [0, 0.1) is 0 Å². The van der Waals surface area contributed by atoms with Gasteiger partial charge in [-0.05, 0) is 31.0 Å². The molecule has 0 saturated carbocycles. The van der Waals surface area contributed by atoms with Gasteiger partial charge in [0.05, 0.1) is 5.71 Å². The number of aromatic hydroxyl groups is 1. The summed E-state index contributed by atoms with van der Waals surface area (Å²) in [5, 5.41) is 19.2. The first-order chi connectivity index (χ1) is 13.5. The van der Waals surface area contributed by atoms with E-state index in [1.54, 1.807) is 42.9 Å². The van der Waals surface area contributed by atoms with Crippen molar-refractivity contribution in [2.45, 2.75) is 26.7 Å². The predicted octanol–water partition coefficient (Wildman–Crippen LogP) is 3.90. The molecule has 6 heteroatoms. The van der Waals surface area contributed by atoms with Gasteiger partial charge in [0.1, 0.15) is 5.69 Å². The average molecular weight is 376 g/mol. The molecule has 0 spiro atoms. The van der Waals surface area contributed by atoms with E-state index in [2.05, 4.69) is 34.7 Å². The molecule has 1 heterocycles. The van der Waals surface area contributed by atoms with E-state index < -0.39 is 0 Å². The molecule has 3 aromatic rings. The first kappa shape index (κ1) is 19.4. The maximum Gasteiger partial charge on any atom is 0.271 e. The second kappa shape index (κ2) is 8.52. The predicted molar refractivity (Wildman–Crippen MR) is 110 cm³/mol. The van der Waals surface area contributed by atoms with E-state index in [0.29, 0.717) is 22.7 Å². The fraction of sp³-hybridized carbons (Fsp3) is 0.227. The quantitative estimate of drug-likeness (QED) is 0.506. The van der Waals surface area contributed by atoms with Crippen molar-refractivity contribution in [3.63, 3.8) is 0 Å². The number of aromatic nitrogens is 2. The number of amides is 1. The van der Waals surface area contributed by atoms with Crippen molar-refractivity contribution < 1.29 is 9.90 Å². The first-order valence-electron chi connectivity index (χ1n) is 9.26. The molecule has 0 fully saturated rings. The number of aryl methyl sites for hydroxylation is 2. The Kier molecular flexibility index (Phi) is 5.89. The third kappa shape index (κ3) is 4.11. The van der Waals surface area contributed by atoms with Gasteiger partial charge >= 0.3 is 0 Å². The van der Waals surface area contributed by atoms with Gasteiger partial charge in [0.25, 0.3) is 5.91 Å². The van der Waals surface area contributed by atoms with Gasteiger partial charge in [-0.15, -0.1) is 0 Å². The monoisotopic (exact) mass is 376 g/mol. The highest BCUT2D eigenvalue weighted by atomic mass is 16.3. The number of carbonyl (C=O) groups excluding carboxylic acids is 1. The highest BCUT2D eigenvalue weighted by Gasteiger charge is 2.19. The smallest absolute Gasteiger partial charge is 0.271 e. The SMILES string of the molecule is CCCc1ccc(-c2c(O)c(C(C)=NNC(=O)c3ccccc3)nn2C)cc1. The van der Waals surface area contributed by atoms with Crippen molar-refractivity contribution in [1.29, 1.82) is 0 Å². The Morgan fingerprint density at radius 1 is 1.14 bits per heavy atom. The van der Waals surface area contributed by atoms with Crippen molar-refractivity contribution >= 4 is 11.6 Å². The Morgan fingerprint density at radius 3 is 2.46 bits per heavy atom. The van der Waals surface area contributed by atoms with Gasteiger partial charge in [0.15, 0.2) is 11.4 Å². The van der Waals surface area contributed by atoms with E-state index in [9.17, 15) is 9.90 Å². The Balaban J connectivity index is 1.83. The van der Waals surface area contributed by atoms with E-state index in [4.69, 9.17) is 0 Å². The zero-order valence-electron chi connectivity index (χ0n) is 16.3. The van der Waals surface area contributed by atoms with Crippen LogP contribution in [0.15, 0.2) is 59.7 Å². The number of hydrogen-bond acceptors (Lipinski definition) is 4. The minimum atomic E-state index is -0.317. The maximum atomic E-state index is 12.1. The first-order valence-corrected chi connectivity index (χ1v) is 9.26. The van der Waals surface area contributed by atoms with Crippen LogP contribution in [0.5, 0.6) is 5.75 Å². The van der Waals surface area contributed by atoms with Crippen molar-refractivity contribution in [1.82, 2.24) is 15.2 Å². The molecule has 0 aliphatic heterocycles. The van der Waals surface area contributed by atoms with Gasteiger partial charge < -0.3 is 5.11 Å². The fourth-order valence-corrected chi connectivity index (χ4v) is 3.04. The molecular formula is C22H24N4O2. The van der Waals surface area contributed by atoms with Crippen molar-refractivity contribution in [2.75, 3.05) is 0 Å². The summed E-state index contributed by atoms with van der Waals surface area (Å²) in [7, 11) is 1.77. The van der Waals surface area contributed by atoms with Gasteiger partial charge in [-0.3, -0.25) is 9.48 Å².